The fourth-order valence-electron chi connectivity index (χ4n) is 4.89. The van der Waals surface area contributed by atoms with E-state index in [1.807, 2.05) is 30.3 Å². The van der Waals surface area contributed by atoms with Crippen molar-refractivity contribution in [2.45, 2.75) is 37.1 Å². The number of fused-ring (bicyclic) bond motifs is 1. The number of carbonyl (C=O) groups is 1. The standard InChI is InChI=1S/C28H29N3O3/c1-4-26(32)31-23-18-28(19-9-6-5-7-10-19,20-13-14-24(33-2)25(17-20)34-3)16-15-22(23)27(30-31)29-21-11-8-12-21/h4-7,9-10,13-17,21H,1,8,11-12,18H2,2-3H3,(H,29,30). The van der Waals surface area contributed by atoms with Crippen molar-refractivity contribution in [2.75, 3.05) is 19.5 Å². The van der Waals surface area contributed by atoms with E-state index in [0.717, 1.165) is 41.0 Å². The second-order valence-electron chi connectivity index (χ2n) is 8.85. The van der Waals surface area contributed by atoms with Gasteiger partial charge in [0.05, 0.1) is 19.9 Å². The van der Waals surface area contributed by atoms with Crippen LogP contribution in [0.25, 0.3) is 6.08 Å². The highest BCUT2D eigenvalue weighted by Crippen LogP contribution is 2.45. The first kappa shape index (κ1) is 22.0. The molecule has 6 heteroatoms. The number of nitrogens with one attached hydrogen (secondary N) is 1. The number of carbonyl (C=O) groups excluding carboxylic acids is 1. The lowest BCUT2D eigenvalue weighted by Gasteiger charge is -2.35. The molecule has 2 aromatic carbocycles. The molecule has 5 rings (SSSR count). The van der Waals surface area contributed by atoms with Crippen LogP contribution < -0.4 is 14.8 Å². The maximum absolute atomic E-state index is 12.8. The van der Waals surface area contributed by atoms with E-state index >= 15 is 0 Å². The fraction of sp³-hybridized carbons (Fsp3) is 0.286. The van der Waals surface area contributed by atoms with Crippen molar-refractivity contribution < 1.29 is 14.3 Å². The third-order valence-electron chi connectivity index (χ3n) is 7.02. The number of benzene rings is 2. The highest BCUT2D eigenvalue weighted by molar-refractivity contribution is 5.91. The van der Waals surface area contributed by atoms with Crippen LogP contribution in [0.4, 0.5) is 5.82 Å². The molecular formula is C28H29N3O3. The van der Waals surface area contributed by atoms with Gasteiger partial charge in [-0.25, -0.2) is 0 Å². The summed E-state index contributed by atoms with van der Waals surface area (Å²) in [4.78, 5) is 12.8. The fourth-order valence-corrected chi connectivity index (χ4v) is 4.89. The van der Waals surface area contributed by atoms with Crippen LogP contribution in [0.5, 0.6) is 11.5 Å². The highest BCUT2D eigenvalue weighted by Gasteiger charge is 2.39. The van der Waals surface area contributed by atoms with Gasteiger partial charge in [0, 0.05) is 23.4 Å². The molecule has 0 spiro atoms. The van der Waals surface area contributed by atoms with Crippen molar-refractivity contribution in [1.29, 1.82) is 0 Å². The van der Waals surface area contributed by atoms with E-state index in [2.05, 4.69) is 47.3 Å². The molecule has 2 aliphatic rings. The van der Waals surface area contributed by atoms with Crippen LogP contribution in [0.3, 0.4) is 0 Å². The van der Waals surface area contributed by atoms with E-state index in [0.29, 0.717) is 24.0 Å². The molecule has 1 heterocycles. The first-order chi connectivity index (χ1) is 16.6. The Labute approximate surface area is 199 Å². The van der Waals surface area contributed by atoms with Gasteiger partial charge in [0.15, 0.2) is 17.3 Å². The number of methoxy groups -OCH3 is 2. The summed E-state index contributed by atoms with van der Waals surface area (Å²) >= 11 is 0. The molecule has 1 unspecified atom stereocenters. The van der Waals surface area contributed by atoms with Gasteiger partial charge in [-0.15, -0.1) is 5.10 Å². The van der Waals surface area contributed by atoms with Gasteiger partial charge in [0.25, 0.3) is 5.91 Å². The van der Waals surface area contributed by atoms with Crippen LogP contribution in [0.15, 0.2) is 67.3 Å². The lowest BCUT2D eigenvalue weighted by atomic mass is 9.68. The Morgan fingerprint density at radius 1 is 1.12 bits per heavy atom. The molecule has 1 N–H and O–H groups in total. The average Bonchev–Trinajstić information content (AvgIpc) is 3.23. The third-order valence-corrected chi connectivity index (χ3v) is 7.02. The van der Waals surface area contributed by atoms with E-state index in [1.165, 1.54) is 17.2 Å². The van der Waals surface area contributed by atoms with Crippen molar-refractivity contribution in [1.82, 2.24) is 9.78 Å². The molecule has 1 fully saturated rings. The van der Waals surface area contributed by atoms with E-state index in [9.17, 15) is 4.79 Å². The van der Waals surface area contributed by atoms with Crippen molar-refractivity contribution in [3.8, 4) is 11.5 Å². The molecule has 1 atom stereocenters. The number of anilines is 1. The van der Waals surface area contributed by atoms with Gasteiger partial charge < -0.3 is 14.8 Å². The molecule has 0 saturated heterocycles. The topological polar surface area (TPSA) is 65.4 Å². The van der Waals surface area contributed by atoms with E-state index in [1.54, 1.807) is 14.2 Å². The SMILES string of the molecule is C=CC(=O)n1nc(NC2CCC2)c2c1CC(c1ccccc1)(c1ccc(OC)c(OC)c1)C=C2. The number of hydrogen-bond donors (Lipinski definition) is 1. The van der Waals surface area contributed by atoms with Gasteiger partial charge >= 0.3 is 0 Å². The molecule has 0 bridgehead atoms. The Kier molecular flexibility index (Phi) is 5.74. The number of ether oxygens (including phenoxy) is 2. The summed E-state index contributed by atoms with van der Waals surface area (Å²) in [5.74, 6) is 1.87. The van der Waals surface area contributed by atoms with Crippen LogP contribution in [0.2, 0.25) is 0 Å². The zero-order chi connectivity index (χ0) is 23.7. The molecule has 0 aliphatic heterocycles. The summed E-state index contributed by atoms with van der Waals surface area (Å²) < 4.78 is 12.6. The molecule has 174 valence electrons. The zero-order valence-electron chi connectivity index (χ0n) is 19.6. The summed E-state index contributed by atoms with van der Waals surface area (Å²) in [5.41, 5.74) is 3.49. The molecule has 0 radical (unpaired) electrons. The molecule has 1 saturated carbocycles. The molecule has 3 aromatic rings. The Bertz CT molecular complexity index is 1260. The van der Waals surface area contributed by atoms with E-state index in [-0.39, 0.29) is 5.91 Å². The molecule has 0 amide bonds. The van der Waals surface area contributed by atoms with Gasteiger partial charge in [-0.1, -0.05) is 55.1 Å². The number of allylic oxidation sites excluding steroid dienone is 2. The maximum atomic E-state index is 12.8. The van der Waals surface area contributed by atoms with Crippen LogP contribution >= 0.6 is 0 Å². The zero-order valence-corrected chi connectivity index (χ0v) is 19.6. The quantitative estimate of drug-likeness (QED) is 0.493. The smallest absolute Gasteiger partial charge is 0.270 e. The van der Waals surface area contributed by atoms with Gasteiger partial charge in [0.2, 0.25) is 0 Å². The van der Waals surface area contributed by atoms with Crippen molar-refractivity contribution >= 4 is 17.8 Å². The largest absolute Gasteiger partial charge is 0.493 e. The minimum Gasteiger partial charge on any atom is -0.493 e. The Morgan fingerprint density at radius 3 is 2.53 bits per heavy atom. The summed E-state index contributed by atoms with van der Waals surface area (Å²) in [6.07, 6.45) is 9.68. The van der Waals surface area contributed by atoms with Gasteiger partial charge in [0.1, 0.15) is 0 Å². The van der Waals surface area contributed by atoms with Gasteiger partial charge in [-0.2, -0.15) is 4.68 Å². The Hall–Kier alpha value is -3.80. The Balaban J connectivity index is 1.68. The minimum absolute atomic E-state index is 0.234. The van der Waals surface area contributed by atoms with Crippen molar-refractivity contribution in [3.05, 3.63) is 89.6 Å². The maximum Gasteiger partial charge on any atom is 0.270 e. The predicted molar refractivity (Wildman–Crippen MR) is 134 cm³/mol. The number of nitrogens with zero attached hydrogens (tertiary/aromatic N) is 2. The van der Waals surface area contributed by atoms with E-state index in [4.69, 9.17) is 9.47 Å². The number of aromatic nitrogens is 2. The lowest BCUT2D eigenvalue weighted by Crippen LogP contribution is -2.32. The second kappa shape index (κ2) is 8.86. The predicted octanol–water partition coefficient (Wildman–Crippen LogP) is 5.25. The van der Waals surface area contributed by atoms with Crippen LogP contribution in [0, 0.1) is 0 Å². The monoisotopic (exact) mass is 455 g/mol. The average molecular weight is 456 g/mol. The molecule has 1 aromatic heterocycles. The highest BCUT2D eigenvalue weighted by atomic mass is 16.5. The van der Waals surface area contributed by atoms with Gasteiger partial charge in [-0.3, -0.25) is 4.79 Å². The lowest BCUT2D eigenvalue weighted by molar-refractivity contribution is 0.0950. The molecule has 2 aliphatic carbocycles. The first-order valence-corrected chi connectivity index (χ1v) is 11.6. The Morgan fingerprint density at radius 2 is 1.88 bits per heavy atom. The second-order valence-corrected chi connectivity index (χ2v) is 8.85. The first-order valence-electron chi connectivity index (χ1n) is 11.6. The van der Waals surface area contributed by atoms with Gasteiger partial charge in [-0.05, 0) is 48.6 Å². The normalized spacial score (nSPS) is 19.1. The summed E-state index contributed by atoms with van der Waals surface area (Å²) in [6.45, 7) is 3.70. The third kappa shape index (κ3) is 3.59. The van der Waals surface area contributed by atoms with Crippen LogP contribution in [-0.2, 0) is 11.8 Å². The van der Waals surface area contributed by atoms with E-state index < -0.39 is 5.41 Å². The van der Waals surface area contributed by atoms with Crippen molar-refractivity contribution in [3.63, 3.8) is 0 Å². The van der Waals surface area contributed by atoms with Crippen LogP contribution in [0.1, 0.15) is 46.4 Å². The molecular weight excluding hydrogens is 426 g/mol. The van der Waals surface area contributed by atoms with Crippen LogP contribution in [-0.4, -0.2) is 35.9 Å². The summed E-state index contributed by atoms with van der Waals surface area (Å²) in [7, 11) is 3.27. The molecule has 6 nitrogen and oxygen atoms in total. The number of rotatable bonds is 7. The summed E-state index contributed by atoms with van der Waals surface area (Å²) in [6, 6.07) is 16.7. The van der Waals surface area contributed by atoms with Crippen molar-refractivity contribution in [2.24, 2.45) is 0 Å². The minimum atomic E-state index is -0.513. The molecule has 34 heavy (non-hydrogen) atoms. The summed E-state index contributed by atoms with van der Waals surface area (Å²) in [5, 5.41) is 8.23. The number of hydrogen-bond acceptors (Lipinski definition) is 5.